The molecule has 8 nitrogen and oxygen atoms in total. The molecule has 1 heterocycles. The summed E-state index contributed by atoms with van der Waals surface area (Å²) in [6.07, 6.45) is 0.805. The van der Waals surface area contributed by atoms with E-state index in [1.54, 1.807) is 13.0 Å². The molecule has 2 atom stereocenters. The Morgan fingerprint density at radius 3 is 2.95 bits per heavy atom. The highest BCUT2D eigenvalue weighted by Gasteiger charge is 2.27. The van der Waals surface area contributed by atoms with E-state index in [0.29, 0.717) is 18.8 Å². The molecule has 22 heavy (non-hydrogen) atoms. The number of amides is 1. The average molecular weight is 303 g/mol. The number of carbonyl (C=O) groups is 1. The quantitative estimate of drug-likeness (QED) is 0.603. The van der Waals surface area contributed by atoms with Crippen molar-refractivity contribution in [2.45, 2.75) is 25.4 Å². The van der Waals surface area contributed by atoms with Crippen molar-refractivity contribution >= 4 is 17.3 Å². The van der Waals surface area contributed by atoms with Gasteiger partial charge >= 0.3 is 0 Å². The SMILES string of the molecule is C[C@H](N[C@H]1CCN(c2ccc([N+](=O)[O-])cc2C#N)C1)C(N)=O. The Morgan fingerprint density at radius 1 is 1.64 bits per heavy atom. The van der Waals surface area contributed by atoms with Gasteiger partial charge in [-0.2, -0.15) is 5.26 Å². The van der Waals surface area contributed by atoms with E-state index < -0.39 is 16.9 Å². The highest BCUT2D eigenvalue weighted by Crippen LogP contribution is 2.27. The number of benzene rings is 1. The second kappa shape index (κ2) is 6.41. The lowest BCUT2D eigenvalue weighted by atomic mass is 10.1. The maximum atomic E-state index is 11.1. The second-order valence-electron chi connectivity index (χ2n) is 5.29. The van der Waals surface area contributed by atoms with Crippen LogP contribution in [0.4, 0.5) is 11.4 Å². The number of nitriles is 1. The van der Waals surface area contributed by atoms with Gasteiger partial charge in [-0.15, -0.1) is 0 Å². The standard InChI is InChI=1S/C14H17N5O3/c1-9(14(16)20)17-11-4-5-18(8-11)13-3-2-12(19(21)22)6-10(13)7-15/h2-3,6,9,11,17H,4-5,8H2,1H3,(H2,16,20)/t9-,11-/m0/s1. The molecular weight excluding hydrogens is 286 g/mol. The predicted molar refractivity (Wildman–Crippen MR) is 80.2 cm³/mol. The number of anilines is 1. The Hall–Kier alpha value is -2.66. The van der Waals surface area contributed by atoms with Crippen molar-refractivity contribution in [3.8, 4) is 6.07 Å². The summed E-state index contributed by atoms with van der Waals surface area (Å²) in [6.45, 7) is 3.03. The van der Waals surface area contributed by atoms with Gasteiger partial charge in [-0.05, 0) is 19.4 Å². The fourth-order valence-electron chi connectivity index (χ4n) is 2.55. The molecule has 0 spiro atoms. The molecule has 1 aliphatic rings. The smallest absolute Gasteiger partial charge is 0.270 e. The van der Waals surface area contributed by atoms with Crippen LogP contribution in [0.3, 0.4) is 0 Å². The van der Waals surface area contributed by atoms with Gasteiger partial charge in [-0.25, -0.2) is 0 Å². The second-order valence-corrected chi connectivity index (χ2v) is 5.29. The van der Waals surface area contributed by atoms with Crippen LogP contribution in [0, 0.1) is 21.4 Å². The van der Waals surface area contributed by atoms with E-state index in [0.717, 1.165) is 6.42 Å². The number of rotatable bonds is 5. The lowest BCUT2D eigenvalue weighted by molar-refractivity contribution is -0.384. The largest absolute Gasteiger partial charge is 0.369 e. The Kier molecular flexibility index (Phi) is 4.58. The first-order chi connectivity index (χ1) is 10.4. The summed E-state index contributed by atoms with van der Waals surface area (Å²) in [5, 5.41) is 23.1. The fraction of sp³-hybridized carbons (Fsp3) is 0.429. The van der Waals surface area contributed by atoms with Crippen LogP contribution >= 0.6 is 0 Å². The van der Waals surface area contributed by atoms with Crippen LogP contribution in [0.1, 0.15) is 18.9 Å². The van der Waals surface area contributed by atoms with Crippen molar-refractivity contribution in [3.63, 3.8) is 0 Å². The number of hydrogen-bond donors (Lipinski definition) is 2. The lowest BCUT2D eigenvalue weighted by Crippen LogP contribution is -2.45. The summed E-state index contributed by atoms with van der Waals surface area (Å²) < 4.78 is 0. The normalized spacial score (nSPS) is 18.7. The average Bonchev–Trinajstić information content (AvgIpc) is 2.94. The number of nitrogens with zero attached hydrogens (tertiary/aromatic N) is 3. The van der Waals surface area contributed by atoms with Gasteiger partial charge in [-0.3, -0.25) is 14.9 Å². The summed E-state index contributed by atoms with van der Waals surface area (Å²) in [5.74, 6) is -0.411. The van der Waals surface area contributed by atoms with Gasteiger partial charge < -0.3 is 16.0 Å². The zero-order chi connectivity index (χ0) is 16.3. The first-order valence-electron chi connectivity index (χ1n) is 6.91. The maximum absolute atomic E-state index is 11.1. The molecule has 0 radical (unpaired) electrons. The number of hydrogen-bond acceptors (Lipinski definition) is 6. The minimum atomic E-state index is -0.520. The molecule has 0 unspecified atom stereocenters. The molecule has 2 rings (SSSR count). The van der Waals surface area contributed by atoms with Gasteiger partial charge in [0.25, 0.3) is 5.69 Å². The monoisotopic (exact) mass is 303 g/mol. The van der Waals surface area contributed by atoms with Crippen LogP contribution in [0.15, 0.2) is 18.2 Å². The molecule has 0 aromatic heterocycles. The van der Waals surface area contributed by atoms with Gasteiger partial charge in [0.15, 0.2) is 0 Å². The Bertz CT molecular complexity index is 640. The zero-order valence-electron chi connectivity index (χ0n) is 12.2. The van der Waals surface area contributed by atoms with Crippen LogP contribution in [0.5, 0.6) is 0 Å². The molecule has 1 amide bonds. The molecule has 1 aromatic rings. The van der Waals surface area contributed by atoms with Gasteiger partial charge in [0.2, 0.25) is 5.91 Å². The molecule has 8 heteroatoms. The maximum Gasteiger partial charge on any atom is 0.270 e. The van der Waals surface area contributed by atoms with Crippen molar-refractivity contribution in [1.82, 2.24) is 5.32 Å². The van der Waals surface area contributed by atoms with Gasteiger partial charge in [0.05, 0.1) is 22.2 Å². The molecule has 0 aliphatic carbocycles. The number of nitrogens with one attached hydrogen (secondary N) is 1. The Balaban J connectivity index is 2.12. The summed E-state index contributed by atoms with van der Waals surface area (Å²) in [6, 6.07) is 5.93. The van der Waals surface area contributed by atoms with E-state index in [-0.39, 0.29) is 17.3 Å². The van der Waals surface area contributed by atoms with E-state index in [2.05, 4.69) is 5.32 Å². The minimum absolute atomic E-state index is 0.0873. The number of primary amides is 1. The number of carbonyl (C=O) groups excluding carboxylic acids is 1. The summed E-state index contributed by atoms with van der Waals surface area (Å²) in [5.41, 5.74) is 6.07. The summed E-state index contributed by atoms with van der Waals surface area (Å²) in [4.78, 5) is 23.3. The summed E-state index contributed by atoms with van der Waals surface area (Å²) >= 11 is 0. The first kappa shape index (κ1) is 15.7. The molecule has 116 valence electrons. The van der Waals surface area contributed by atoms with Crippen molar-refractivity contribution < 1.29 is 9.72 Å². The van der Waals surface area contributed by atoms with Crippen molar-refractivity contribution in [1.29, 1.82) is 5.26 Å². The van der Waals surface area contributed by atoms with Crippen molar-refractivity contribution in [3.05, 3.63) is 33.9 Å². The van der Waals surface area contributed by atoms with Crippen LogP contribution in [-0.4, -0.2) is 36.0 Å². The number of nitro benzene ring substituents is 1. The third-order valence-corrected chi connectivity index (χ3v) is 3.75. The topological polar surface area (TPSA) is 125 Å². The van der Waals surface area contributed by atoms with Gasteiger partial charge in [-0.1, -0.05) is 0 Å². The number of non-ortho nitro benzene ring substituents is 1. The Labute approximate surface area is 127 Å². The number of nitrogens with two attached hydrogens (primary N) is 1. The number of nitro groups is 1. The van der Waals surface area contributed by atoms with E-state index in [1.165, 1.54) is 12.1 Å². The van der Waals surface area contributed by atoms with Crippen LogP contribution in [-0.2, 0) is 4.79 Å². The molecule has 1 saturated heterocycles. The van der Waals surface area contributed by atoms with E-state index >= 15 is 0 Å². The minimum Gasteiger partial charge on any atom is -0.369 e. The molecule has 1 fully saturated rings. The van der Waals surface area contributed by atoms with E-state index in [1.807, 2.05) is 11.0 Å². The zero-order valence-corrected chi connectivity index (χ0v) is 12.2. The molecule has 1 aromatic carbocycles. The third-order valence-electron chi connectivity index (χ3n) is 3.75. The molecule has 1 aliphatic heterocycles. The van der Waals surface area contributed by atoms with Gasteiger partial charge in [0, 0.05) is 31.3 Å². The van der Waals surface area contributed by atoms with E-state index in [9.17, 15) is 20.2 Å². The molecule has 0 saturated carbocycles. The molecule has 3 N–H and O–H groups in total. The lowest BCUT2D eigenvalue weighted by Gasteiger charge is -2.21. The predicted octanol–water partition coefficient (Wildman–Crippen LogP) is 0.509. The van der Waals surface area contributed by atoms with Crippen molar-refractivity contribution in [2.24, 2.45) is 5.73 Å². The highest BCUT2D eigenvalue weighted by molar-refractivity contribution is 5.79. The van der Waals surface area contributed by atoms with Crippen molar-refractivity contribution in [2.75, 3.05) is 18.0 Å². The van der Waals surface area contributed by atoms with Gasteiger partial charge in [0.1, 0.15) is 6.07 Å². The molecular formula is C14H17N5O3. The third kappa shape index (κ3) is 3.32. The summed E-state index contributed by atoms with van der Waals surface area (Å²) in [7, 11) is 0. The van der Waals surface area contributed by atoms with Crippen LogP contribution in [0.2, 0.25) is 0 Å². The fourth-order valence-corrected chi connectivity index (χ4v) is 2.55. The van der Waals surface area contributed by atoms with E-state index in [4.69, 9.17) is 5.73 Å². The highest BCUT2D eigenvalue weighted by atomic mass is 16.6. The Morgan fingerprint density at radius 2 is 2.36 bits per heavy atom. The molecule has 0 bridgehead atoms. The van der Waals surface area contributed by atoms with Crippen LogP contribution < -0.4 is 16.0 Å². The van der Waals surface area contributed by atoms with Crippen LogP contribution in [0.25, 0.3) is 0 Å². The first-order valence-corrected chi connectivity index (χ1v) is 6.91.